The summed E-state index contributed by atoms with van der Waals surface area (Å²) in [5.41, 5.74) is 6.96. The molecule has 0 bridgehead atoms. The lowest BCUT2D eigenvalue weighted by molar-refractivity contribution is 0.0601. The first kappa shape index (κ1) is 17.7. The van der Waals surface area contributed by atoms with E-state index in [2.05, 4.69) is 37.8 Å². The van der Waals surface area contributed by atoms with Gasteiger partial charge in [0.2, 0.25) is 0 Å². The number of esters is 1. The summed E-state index contributed by atoms with van der Waals surface area (Å²) in [4.78, 5) is 14.5. The summed E-state index contributed by atoms with van der Waals surface area (Å²) in [6.07, 6.45) is 0. The molecule has 0 aliphatic carbocycles. The number of hydrogen-bond acceptors (Lipinski definition) is 3. The first-order chi connectivity index (χ1) is 12.5. The molecule has 0 atom stereocenters. The number of para-hydroxylation sites is 2. The predicted molar refractivity (Wildman–Crippen MR) is 107 cm³/mol. The van der Waals surface area contributed by atoms with Gasteiger partial charge in [-0.25, -0.2) is 4.79 Å². The van der Waals surface area contributed by atoms with E-state index in [4.69, 9.17) is 4.74 Å². The predicted octanol–water partition coefficient (Wildman–Crippen LogP) is 5.87. The highest BCUT2D eigenvalue weighted by Gasteiger charge is 2.22. The van der Waals surface area contributed by atoms with E-state index >= 15 is 0 Å². The molecule has 0 spiro atoms. The minimum Gasteiger partial charge on any atom is -0.465 e. The van der Waals surface area contributed by atoms with Crippen LogP contribution in [0.25, 0.3) is 0 Å². The van der Waals surface area contributed by atoms with E-state index in [1.165, 1.54) is 12.7 Å². The first-order valence-electron chi connectivity index (χ1n) is 8.63. The zero-order chi connectivity index (χ0) is 18.7. The SMILES string of the molecule is COC(=O)c1ccccc1N(c1ccccc1)c1c(C)cc(C)cc1C. The smallest absolute Gasteiger partial charge is 0.339 e. The first-order valence-corrected chi connectivity index (χ1v) is 8.63. The maximum absolute atomic E-state index is 12.4. The zero-order valence-electron chi connectivity index (χ0n) is 15.6. The Bertz CT molecular complexity index is 909. The standard InChI is InChI=1S/C23H23NO2/c1-16-14-17(2)22(18(3)15-16)24(19-10-6-5-7-11-19)21-13-9-8-12-20(21)23(25)26-4/h5-15H,1-4H3. The maximum atomic E-state index is 12.4. The van der Waals surface area contributed by atoms with Crippen LogP contribution in [-0.4, -0.2) is 13.1 Å². The fourth-order valence-electron chi connectivity index (χ4n) is 3.44. The van der Waals surface area contributed by atoms with Crippen molar-refractivity contribution in [1.82, 2.24) is 0 Å². The van der Waals surface area contributed by atoms with E-state index in [1.807, 2.05) is 48.5 Å². The molecule has 0 aliphatic heterocycles. The summed E-state index contributed by atoms with van der Waals surface area (Å²) < 4.78 is 5.01. The second-order valence-corrected chi connectivity index (χ2v) is 6.43. The number of ether oxygens (including phenoxy) is 1. The molecule has 0 amide bonds. The zero-order valence-corrected chi connectivity index (χ0v) is 15.6. The molecule has 0 saturated carbocycles. The molecule has 0 saturated heterocycles. The van der Waals surface area contributed by atoms with Gasteiger partial charge in [0, 0.05) is 5.69 Å². The molecule has 0 aliphatic rings. The Kier molecular flexibility index (Phi) is 5.08. The molecule has 132 valence electrons. The van der Waals surface area contributed by atoms with E-state index < -0.39 is 0 Å². The maximum Gasteiger partial charge on any atom is 0.339 e. The van der Waals surface area contributed by atoms with E-state index in [-0.39, 0.29) is 5.97 Å². The molecule has 3 aromatic carbocycles. The highest BCUT2D eigenvalue weighted by atomic mass is 16.5. The Morgan fingerprint density at radius 2 is 1.42 bits per heavy atom. The lowest BCUT2D eigenvalue weighted by Gasteiger charge is -2.30. The van der Waals surface area contributed by atoms with E-state index in [1.54, 1.807) is 6.07 Å². The molecular weight excluding hydrogens is 322 g/mol. The molecule has 26 heavy (non-hydrogen) atoms. The van der Waals surface area contributed by atoms with Crippen LogP contribution in [0.2, 0.25) is 0 Å². The lowest BCUT2D eigenvalue weighted by atomic mass is 10.0. The van der Waals surface area contributed by atoms with Crippen molar-refractivity contribution in [2.75, 3.05) is 12.0 Å². The number of rotatable bonds is 4. The van der Waals surface area contributed by atoms with Crippen molar-refractivity contribution in [3.05, 3.63) is 89.0 Å². The molecule has 0 radical (unpaired) electrons. The quantitative estimate of drug-likeness (QED) is 0.554. The number of aryl methyl sites for hydroxylation is 3. The van der Waals surface area contributed by atoms with Crippen LogP contribution in [-0.2, 0) is 4.74 Å². The Morgan fingerprint density at radius 1 is 0.846 bits per heavy atom. The molecule has 3 heteroatoms. The summed E-state index contributed by atoms with van der Waals surface area (Å²) in [6.45, 7) is 6.30. The minimum atomic E-state index is -0.344. The molecule has 0 fully saturated rings. The highest BCUT2D eigenvalue weighted by Crippen LogP contribution is 2.40. The van der Waals surface area contributed by atoms with Crippen LogP contribution in [0, 0.1) is 20.8 Å². The second kappa shape index (κ2) is 7.44. The molecule has 3 aromatic rings. The van der Waals surface area contributed by atoms with Gasteiger partial charge in [-0.15, -0.1) is 0 Å². The Morgan fingerprint density at radius 3 is 2.04 bits per heavy atom. The molecule has 3 rings (SSSR count). The topological polar surface area (TPSA) is 29.5 Å². The average Bonchev–Trinajstić information content (AvgIpc) is 2.64. The van der Waals surface area contributed by atoms with Crippen molar-refractivity contribution in [3.63, 3.8) is 0 Å². The van der Waals surface area contributed by atoms with Gasteiger partial charge in [0.1, 0.15) is 0 Å². The number of methoxy groups -OCH3 is 1. The van der Waals surface area contributed by atoms with Gasteiger partial charge < -0.3 is 9.64 Å². The summed E-state index contributed by atoms with van der Waals surface area (Å²) in [6, 6.07) is 22.0. The van der Waals surface area contributed by atoms with Gasteiger partial charge in [0.15, 0.2) is 0 Å². The van der Waals surface area contributed by atoms with E-state index in [0.29, 0.717) is 5.56 Å². The third kappa shape index (κ3) is 3.33. The van der Waals surface area contributed by atoms with Gasteiger partial charge in [-0.2, -0.15) is 0 Å². The van der Waals surface area contributed by atoms with Crippen LogP contribution >= 0.6 is 0 Å². The third-order valence-corrected chi connectivity index (χ3v) is 4.42. The van der Waals surface area contributed by atoms with Crippen LogP contribution < -0.4 is 4.90 Å². The molecule has 0 aromatic heterocycles. The summed E-state index contributed by atoms with van der Waals surface area (Å²) in [7, 11) is 1.41. The van der Waals surface area contributed by atoms with Gasteiger partial charge in [0.05, 0.1) is 24.0 Å². The number of carbonyl (C=O) groups is 1. The summed E-state index contributed by atoms with van der Waals surface area (Å²) in [5.74, 6) is -0.344. The monoisotopic (exact) mass is 345 g/mol. The van der Waals surface area contributed by atoms with Gasteiger partial charge in [0.25, 0.3) is 0 Å². The van der Waals surface area contributed by atoms with Crippen LogP contribution in [0.15, 0.2) is 66.7 Å². The van der Waals surface area contributed by atoms with Crippen molar-refractivity contribution < 1.29 is 9.53 Å². The lowest BCUT2D eigenvalue weighted by Crippen LogP contribution is -2.17. The van der Waals surface area contributed by atoms with Crippen molar-refractivity contribution in [3.8, 4) is 0 Å². The van der Waals surface area contributed by atoms with Gasteiger partial charge in [-0.05, 0) is 56.2 Å². The number of carbonyl (C=O) groups excluding carboxylic acids is 1. The fourth-order valence-corrected chi connectivity index (χ4v) is 3.44. The van der Waals surface area contributed by atoms with Gasteiger partial charge >= 0.3 is 5.97 Å². The Balaban J connectivity index is 2.31. The van der Waals surface area contributed by atoms with Crippen LogP contribution in [0.5, 0.6) is 0 Å². The molecule has 0 N–H and O–H groups in total. The van der Waals surface area contributed by atoms with Crippen molar-refractivity contribution in [2.24, 2.45) is 0 Å². The normalized spacial score (nSPS) is 10.5. The summed E-state index contributed by atoms with van der Waals surface area (Å²) in [5, 5.41) is 0. The van der Waals surface area contributed by atoms with Gasteiger partial charge in [-0.1, -0.05) is 48.0 Å². The molecule has 0 unspecified atom stereocenters. The summed E-state index contributed by atoms with van der Waals surface area (Å²) >= 11 is 0. The van der Waals surface area contributed by atoms with E-state index in [9.17, 15) is 4.79 Å². The molecular formula is C23H23NO2. The Labute approximate surface area is 154 Å². The average molecular weight is 345 g/mol. The van der Waals surface area contributed by atoms with Gasteiger partial charge in [-0.3, -0.25) is 0 Å². The second-order valence-electron chi connectivity index (χ2n) is 6.43. The van der Waals surface area contributed by atoms with Crippen molar-refractivity contribution in [2.45, 2.75) is 20.8 Å². The van der Waals surface area contributed by atoms with Crippen LogP contribution in [0.3, 0.4) is 0 Å². The van der Waals surface area contributed by atoms with E-state index in [0.717, 1.165) is 28.2 Å². The number of benzene rings is 3. The fraction of sp³-hybridized carbons (Fsp3) is 0.174. The van der Waals surface area contributed by atoms with Crippen molar-refractivity contribution >= 4 is 23.0 Å². The molecule has 3 nitrogen and oxygen atoms in total. The Hall–Kier alpha value is -3.07. The number of nitrogens with zero attached hydrogens (tertiary/aromatic N) is 1. The number of anilines is 3. The minimum absolute atomic E-state index is 0.344. The highest BCUT2D eigenvalue weighted by molar-refractivity contribution is 5.99. The third-order valence-electron chi connectivity index (χ3n) is 4.42. The van der Waals surface area contributed by atoms with Crippen LogP contribution in [0.1, 0.15) is 27.0 Å². The largest absolute Gasteiger partial charge is 0.465 e. The van der Waals surface area contributed by atoms with Crippen molar-refractivity contribution in [1.29, 1.82) is 0 Å². The molecule has 0 heterocycles. The number of hydrogen-bond donors (Lipinski definition) is 0. The van der Waals surface area contributed by atoms with Crippen LogP contribution in [0.4, 0.5) is 17.1 Å².